The second-order valence-electron chi connectivity index (χ2n) is 2.66. The number of alkyl halides is 1. The highest BCUT2D eigenvalue weighted by Crippen LogP contribution is 2.09. The Morgan fingerprint density at radius 3 is 3.09 bits per heavy atom. The zero-order valence-corrected chi connectivity index (χ0v) is 6.29. The van der Waals surface area contributed by atoms with E-state index in [0.29, 0.717) is 18.7 Å². The number of nitrogens with two attached hydrogens (primary N) is 2. The van der Waals surface area contributed by atoms with E-state index in [1.165, 1.54) is 0 Å². The molecule has 0 aromatic heterocycles. The van der Waals surface area contributed by atoms with E-state index in [9.17, 15) is 4.39 Å². The van der Waals surface area contributed by atoms with Crippen LogP contribution in [-0.4, -0.2) is 25.4 Å². The molecule has 0 saturated heterocycles. The lowest BCUT2D eigenvalue weighted by atomic mass is 10.2. The van der Waals surface area contributed by atoms with Gasteiger partial charge in [-0.3, -0.25) is 0 Å². The molecule has 1 rings (SSSR count). The van der Waals surface area contributed by atoms with Crippen molar-refractivity contribution < 1.29 is 9.13 Å². The van der Waals surface area contributed by atoms with Crippen molar-refractivity contribution in [3.05, 3.63) is 11.8 Å². The van der Waals surface area contributed by atoms with Gasteiger partial charge in [0.2, 0.25) is 0 Å². The highest BCUT2D eigenvalue weighted by atomic mass is 19.1. The summed E-state index contributed by atoms with van der Waals surface area (Å²) in [4.78, 5) is 0. The van der Waals surface area contributed by atoms with Gasteiger partial charge in [-0.25, -0.2) is 4.39 Å². The average molecular weight is 160 g/mol. The van der Waals surface area contributed by atoms with Crippen molar-refractivity contribution in [2.75, 3.05) is 13.3 Å². The van der Waals surface area contributed by atoms with Crippen LogP contribution in [0.2, 0.25) is 0 Å². The lowest BCUT2D eigenvalue weighted by Crippen LogP contribution is -2.32. The highest BCUT2D eigenvalue weighted by Gasteiger charge is 2.16. The van der Waals surface area contributed by atoms with Crippen molar-refractivity contribution in [1.29, 1.82) is 0 Å². The van der Waals surface area contributed by atoms with Gasteiger partial charge in [-0.05, 0) is 6.42 Å². The first-order valence-corrected chi connectivity index (χ1v) is 3.62. The summed E-state index contributed by atoms with van der Waals surface area (Å²) in [5.74, 6) is 0. The first-order chi connectivity index (χ1) is 5.24. The average Bonchev–Trinajstić information content (AvgIpc) is 2.16. The van der Waals surface area contributed by atoms with Crippen molar-refractivity contribution in [3.8, 4) is 0 Å². The van der Waals surface area contributed by atoms with Gasteiger partial charge in [0.1, 0.15) is 6.67 Å². The monoisotopic (exact) mass is 160 g/mol. The van der Waals surface area contributed by atoms with E-state index in [2.05, 4.69) is 0 Å². The second kappa shape index (κ2) is 3.69. The van der Waals surface area contributed by atoms with Crippen molar-refractivity contribution in [2.24, 2.45) is 11.5 Å². The first-order valence-electron chi connectivity index (χ1n) is 3.62. The predicted molar refractivity (Wildman–Crippen MR) is 40.6 cm³/mol. The Kier molecular flexibility index (Phi) is 2.84. The van der Waals surface area contributed by atoms with E-state index in [1.807, 2.05) is 0 Å². The Hall–Kier alpha value is -0.610. The fourth-order valence-electron chi connectivity index (χ4n) is 0.930. The molecule has 0 aromatic carbocycles. The maximum absolute atomic E-state index is 12.1. The summed E-state index contributed by atoms with van der Waals surface area (Å²) in [6.07, 6.45) is 1.90. The normalized spacial score (nSPS) is 32.7. The van der Waals surface area contributed by atoms with Gasteiger partial charge in [0, 0.05) is 5.70 Å². The van der Waals surface area contributed by atoms with Gasteiger partial charge in [-0.2, -0.15) is 0 Å². The summed E-state index contributed by atoms with van der Waals surface area (Å²) in [7, 11) is 0. The molecule has 1 aliphatic rings. The topological polar surface area (TPSA) is 61.3 Å². The van der Waals surface area contributed by atoms with E-state index < -0.39 is 6.67 Å². The van der Waals surface area contributed by atoms with E-state index in [-0.39, 0.29) is 12.1 Å². The zero-order valence-electron chi connectivity index (χ0n) is 6.29. The summed E-state index contributed by atoms with van der Waals surface area (Å²) < 4.78 is 17.2. The third-order valence-corrected chi connectivity index (χ3v) is 1.73. The van der Waals surface area contributed by atoms with Crippen LogP contribution in [0.4, 0.5) is 4.39 Å². The highest BCUT2D eigenvalue weighted by molar-refractivity contribution is 5.07. The third-order valence-electron chi connectivity index (χ3n) is 1.73. The molecule has 0 amide bonds. The Labute approximate surface area is 65.2 Å². The molecule has 4 heteroatoms. The van der Waals surface area contributed by atoms with Crippen LogP contribution in [0, 0.1) is 0 Å². The minimum absolute atomic E-state index is 0.272. The quantitative estimate of drug-likeness (QED) is 0.563. The summed E-state index contributed by atoms with van der Waals surface area (Å²) in [6.45, 7) is -0.159. The number of rotatable bonds is 1. The van der Waals surface area contributed by atoms with Crippen LogP contribution in [-0.2, 0) is 4.74 Å². The van der Waals surface area contributed by atoms with E-state index >= 15 is 0 Å². The number of hydrogen-bond acceptors (Lipinski definition) is 3. The molecule has 0 radical (unpaired) electrons. The first kappa shape index (κ1) is 8.49. The van der Waals surface area contributed by atoms with Crippen LogP contribution >= 0.6 is 0 Å². The molecule has 0 aliphatic carbocycles. The molecule has 1 aliphatic heterocycles. The van der Waals surface area contributed by atoms with Crippen LogP contribution in [0.3, 0.4) is 0 Å². The molecule has 3 nitrogen and oxygen atoms in total. The molecule has 0 saturated carbocycles. The molecule has 0 bridgehead atoms. The van der Waals surface area contributed by atoms with Crippen molar-refractivity contribution in [3.63, 3.8) is 0 Å². The zero-order chi connectivity index (χ0) is 8.27. The van der Waals surface area contributed by atoms with Gasteiger partial charge >= 0.3 is 0 Å². The van der Waals surface area contributed by atoms with Gasteiger partial charge in [-0.15, -0.1) is 0 Å². The van der Waals surface area contributed by atoms with Crippen LogP contribution in [0.5, 0.6) is 0 Å². The molecule has 2 atom stereocenters. The van der Waals surface area contributed by atoms with Gasteiger partial charge in [0.15, 0.2) is 0 Å². The maximum atomic E-state index is 12.1. The van der Waals surface area contributed by atoms with E-state index in [0.717, 1.165) is 0 Å². The van der Waals surface area contributed by atoms with Crippen molar-refractivity contribution in [1.82, 2.24) is 0 Å². The van der Waals surface area contributed by atoms with E-state index in [4.69, 9.17) is 16.2 Å². The number of halogens is 1. The second-order valence-corrected chi connectivity index (χ2v) is 2.66. The molecular formula is C7H13FN2O. The molecule has 0 unspecified atom stereocenters. The van der Waals surface area contributed by atoms with Crippen LogP contribution < -0.4 is 11.5 Å². The molecule has 0 spiro atoms. The Bertz CT molecular complexity index is 161. The Balaban J connectivity index is 2.51. The third kappa shape index (κ3) is 2.17. The summed E-state index contributed by atoms with van der Waals surface area (Å²) in [6, 6.07) is -0.272. The van der Waals surface area contributed by atoms with Gasteiger partial charge in [0.05, 0.1) is 18.8 Å². The van der Waals surface area contributed by atoms with Crippen LogP contribution in [0.25, 0.3) is 0 Å². The van der Waals surface area contributed by atoms with Crippen molar-refractivity contribution in [2.45, 2.75) is 18.6 Å². The number of hydrogen-bond donors (Lipinski definition) is 2. The van der Waals surface area contributed by atoms with Gasteiger partial charge in [0.25, 0.3) is 0 Å². The Morgan fingerprint density at radius 2 is 2.45 bits per heavy atom. The molecular weight excluding hydrogens is 147 g/mol. The summed E-state index contributed by atoms with van der Waals surface area (Å²) in [5.41, 5.74) is 11.7. The summed E-state index contributed by atoms with van der Waals surface area (Å²) in [5, 5.41) is 0. The van der Waals surface area contributed by atoms with Crippen LogP contribution in [0.15, 0.2) is 11.8 Å². The fraction of sp³-hybridized carbons (Fsp3) is 0.714. The lowest BCUT2D eigenvalue weighted by molar-refractivity contribution is 0.0387. The lowest BCUT2D eigenvalue weighted by Gasteiger charge is -2.11. The van der Waals surface area contributed by atoms with E-state index in [1.54, 1.807) is 6.08 Å². The molecule has 11 heavy (non-hydrogen) atoms. The molecule has 64 valence electrons. The van der Waals surface area contributed by atoms with Gasteiger partial charge < -0.3 is 16.2 Å². The minimum Gasteiger partial charge on any atom is -0.401 e. The summed E-state index contributed by atoms with van der Waals surface area (Å²) >= 11 is 0. The fourth-order valence-corrected chi connectivity index (χ4v) is 0.930. The van der Waals surface area contributed by atoms with Crippen molar-refractivity contribution >= 4 is 0 Å². The predicted octanol–water partition coefficient (Wildman–Crippen LogP) is -0.0853. The largest absolute Gasteiger partial charge is 0.401 e. The molecule has 1 heterocycles. The maximum Gasteiger partial charge on any atom is 0.116 e. The standard InChI is InChI=1S/C7H13FN2O/c8-3-5-1-2-6(9)7(10)4-11-5/h2,5,7H,1,3-4,9-10H2/t5-,7+/m1/s1. The molecule has 4 N–H and O–H groups in total. The minimum atomic E-state index is -0.476. The van der Waals surface area contributed by atoms with Crippen LogP contribution in [0.1, 0.15) is 6.42 Å². The smallest absolute Gasteiger partial charge is 0.116 e. The Morgan fingerprint density at radius 1 is 1.73 bits per heavy atom. The van der Waals surface area contributed by atoms with Gasteiger partial charge in [-0.1, -0.05) is 6.08 Å². The molecule has 0 fully saturated rings. The number of ether oxygens (including phenoxy) is 1. The molecule has 0 aromatic rings. The SMILES string of the molecule is NC1=CC[C@H](CF)OC[C@@H]1N.